The smallest absolute Gasteiger partial charge is 0.199 e. The Morgan fingerprint density at radius 3 is 2.53 bits per heavy atom. The second kappa shape index (κ2) is 13.0. The molecule has 0 aliphatic heterocycles. The summed E-state index contributed by atoms with van der Waals surface area (Å²) >= 11 is 0. The molecule has 32 heavy (non-hydrogen) atoms. The number of rotatable bonds is 8. The third-order valence-corrected chi connectivity index (χ3v) is 5.07. The van der Waals surface area contributed by atoms with Gasteiger partial charge in [-0.25, -0.2) is 4.52 Å². The minimum atomic E-state index is -0.131. The number of phenolic OH excluding ortho intramolecular Hbond substituents is 1. The topological polar surface area (TPSA) is 109 Å². The summed E-state index contributed by atoms with van der Waals surface area (Å²) in [7, 11) is 2.09. The quantitative estimate of drug-likeness (QED) is 0.239. The van der Waals surface area contributed by atoms with Crippen LogP contribution < -0.4 is 16.5 Å². The Bertz CT molecular complexity index is 1190. The molecule has 0 unspecified atom stereocenters. The molecule has 2 heterocycles. The molecule has 0 aliphatic rings. The highest BCUT2D eigenvalue weighted by molar-refractivity contribution is 6.06. The Morgan fingerprint density at radius 1 is 1.09 bits per heavy atom. The summed E-state index contributed by atoms with van der Waals surface area (Å²) in [6, 6.07) is 8.47. The molecule has 4 aromatic rings. The first-order chi connectivity index (χ1) is 13.6. The number of pyridine rings is 1. The Kier molecular flexibility index (Phi) is 12.3. The maximum absolute atomic E-state index is 13.2. The molecular formula is C20H28Cl4N6O2. The summed E-state index contributed by atoms with van der Waals surface area (Å²) in [5, 5.41) is 22.6. The van der Waals surface area contributed by atoms with E-state index in [1.54, 1.807) is 16.6 Å². The van der Waals surface area contributed by atoms with Gasteiger partial charge in [0.1, 0.15) is 16.8 Å². The molecule has 2 aromatic carbocycles. The van der Waals surface area contributed by atoms with Crippen molar-refractivity contribution < 1.29 is 5.11 Å². The van der Waals surface area contributed by atoms with Crippen LogP contribution in [0.1, 0.15) is 12.8 Å². The minimum Gasteiger partial charge on any atom is -0.508 e. The predicted octanol–water partition coefficient (Wildman–Crippen LogP) is 3.31. The Balaban J connectivity index is 0.00000240. The van der Waals surface area contributed by atoms with E-state index in [0.717, 1.165) is 38.2 Å². The van der Waals surface area contributed by atoms with Gasteiger partial charge in [0.15, 0.2) is 5.43 Å². The van der Waals surface area contributed by atoms with Crippen LogP contribution >= 0.6 is 49.6 Å². The van der Waals surface area contributed by atoms with E-state index in [2.05, 4.69) is 27.6 Å². The van der Waals surface area contributed by atoms with Crippen LogP contribution in [-0.2, 0) is 0 Å². The van der Waals surface area contributed by atoms with Gasteiger partial charge in [0.05, 0.1) is 16.3 Å². The van der Waals surface area contributed by atoms with Gasteiger partial charge in [0, 0.05) is 12.2 Å². The van der Waals surface area contributed by atoms with Crippen molar-refractivity contribution in [2.75, 3.05) is 38.5 Å². The van der Waals surface area contributed by atoms with E-state index < -0.39 is 0 Å². The zero-order valence-electron chi connectivity index (χ0n) is 17.5. The van der Waals surface area contributed by atoms with Crippen LogP contribution in [0.5, 0.6) is 5.75 Å². The van der Waals surface area contributed by atoms with Gasteiger partial charge >= 0.3 is 0 Å². The Morgan fingerprint density at radius 2 is 1.81 bits per heavy atom. The summed E-state index contributed by atoms with van der Waals surface area (Å²) in [5.74, 6) is 0.0536. The molecular weight excluding hydrogens is 498 g/mol. The van der Waals surface area contributed by atoms with Gasteiger partial charge in [-0.3, -0.25) is 4.79 Å². The van der Waals surface area contributed by atoms with E-state index in [-0.39, 0.29) is 60.8 Å². The second-order valence-corrected chi connectivity index (χ2v) is 7.11. The first kappa shape index (κ1) is 30.2. The highest BCUT2D eigenvalue weighted by atomic mass is 35.5. The summed E-state index contributed by atoms with van der Waals surface area (Å²) in [6.07, 6.45) is 1.93. The van der Waals surface area contributed by atoms with Crippen LogP contribution in [0.15, 0.2) is 35.1 Å². The van der Waals surface area contributed by atoms with Crippen molar-refractivity contribution in [3.05, 3.63) is 40.6 Å². The Labute approximate surface area is 210 Å². The second-order valence-electron chi connectivity index (χ2n) is 7.11. The maximum Gasteiger partial charge on any atom is 0.199 e. The van der Waals surface area contributed by atoms with Gasteiger partial charge in [-0.2, -0.15) is 0 Å². The molecule has 0 spiro atoms. The number of anilines is 1. The van der Waals surface area contributed by atoms with Crippen molar-refractivity contribution >= 4 is 82.6 Å². The number of nitrogens with zero attached hydrogens (tertiary/aromatic N) is 4. The summed E-state index contributed by atoms with van der Waals surface area (Å²) in [6.45, 7) is 3.38. The van der Waals surface area contributed by atoms with Gasteiger partial charge < -0.3 is 21.1 Å². The van der Waals surface area contributed by atoms with Crippen molar-refractivity contribution in [2.45, 2.75) is 12.8 Å². The molecule has 0 radical (unpaired) electrons. The molecule has 0 bridgehead atoms. The van der Waals surface area contributed by atoms with E-state index in [1.165, 1.54) is 6.07 Å². The Hall–Kier alpha value is -1.81. The van der Waals surface area contributed by atoms with E-state index in [1.807, 2.05) is 12.1 Å². The van der Waals surface area contributed by atoms with Gasteiger partial charge in [-0.1, -0.05) is 5.21 Å². The lowest BCUT2D eigenvalue weighted by atomic mass is 10.1. The monoisotopic (exact) mass is 524 g/mol. The number of benzene rings is 2. The number of aromatic nitrogens is 3. The van der Waals surface area contributed by atoms with Crippen LogP contribution in [0.3, 0.4) is 0 Å². The number of phenols is 1. The number of hydrogen-bond acceptors (Lipinski definition) is 7. The molecule has 0 saturated heterocycles. The fraction of sp³-hybridized carbons (Fsp3) is 0.350. The lowest BCUT2D eigenvalue weighted by Crippen LogP contribution is -2.24. The van der Waals surface area contributed by atoms with E-state index >= 15 is 0 Å². The fourth-order valence-corrected chi connectivity index (χ4v) is 3.63. The van der Waals surface area contributed by atoms with Crippen LogP contribution in [0.4, 0.5) is 5.69 Å². The van der Waals surface area contributed by atoms with Crippen molar-refractivity contribution in [1.82, 2.24) is 19.7 Å². The highest BCUT2D eigenvalue weighted by Gasteiger charge is 2.17. The third kappa shape index (κ3) is 5.75. The molecule has 8 nitrogen and oxygen atoms in total. The van der Waals surface area contributed by atoms with Crippen LogP contribution in [-0.4, -0.2) is 58.1 Å². The molecule has 0 fully saturated rings. The lowest BCUT2D eigenvalue weighted by molar-refractivity contribution is 0.330. The molecule has 0 saturated carbocycles. The summed E-state index contributed by atoms with van der Waals surface area (Å²) < 4.78 is 1.67. The molecule has 12 heteroatoms. The zero-order valence-corrected chi connectivity index (χ0v) is 20.8. The molecule has 0 atom stereocenters. The van der Waals surface area contributed by atoms with Crippen LogP contribution in [0, 0.1) is 0 Å². The molecule has 178 valence electrons. The number of aromatic hydroxyl groups is 1. The molecule has 4 N–H and O–H groups in total. The third-order valence-electron chi connectivity index (χ3n) is 5.07. The van der Waals surface area contributed by atoms with Gasteiger partial charge in [0.25, 0.3) is 0 Å². The number of fused-ring (bicyclic) bond motifs is 2. The van der Waals surface area contributed by atoms with E-state index in [4.69, 9.17) is 5.73 Å². The lowest BCUT2D eigenvalue weighted by Gasteiger charge is -2.16. The number of nitrogens with two attached hydrogens (primary N) is 1. The number of hydrogen-bond donors (Lipinski definition) is 3. The maximum atomic E-state index is 13.2. The van der Waals surface area contributed by atoms with Crippen molar-refractivity contribution in [3.63, 3.8) is 0 Å². The van der Waals surface area contributed by atoms with E-state index in [9.17, 15) is 9.90 Å². The van der Waals surface area contributed by atoms with Crippen LogP contribution in [0.2, 0.25) is 0 Å². The molecule has 2 aromatic heterocycles. The predicted molar refractivity (Wildman–Crippen MR) is 140 cm³/mol. The molecule has 0 amide bonds. The van der Waals surface area contributed by atoms with Gasteiger partial charge in [-0.15, -0.1) is 54.7 Å². The van der Waals surface area contributed by atoms with Crippen LogP contribution in [0.25, 0.3) is 27.3 Å². The zero-order chi connectivity index (χ0) is 19.7. The average molecular weight is 526 g/mol. The standard InChI is InChI=1S/C20H24N6O2.4ClH/c1-25(10-2-8-21)11-3-9-22-15-5-6-16-19-18(15)20(28)14-12-13(27)4-7-17(14)26(19)24-23-16;;;;/h4-7,12,22,27H,2-3,8-11,21H2,1H3;4*1H. The normalized spacial score (nSPS) is 10.5. The minimum absolute atomic E-state index is 0. The molecule has 4 rings (SSSR count). The summed E-state index contributed by atoms with van der Waals surface area (Å²) in [4.78, 5) is 15.4. The highest BCUT2D eigenvalue weighted by Crippen LogP contribution is 2.28. The van der Waals surface area contributed by atoms with Crippen molar-refractivity contribution in [3.8, 4) is 5.75 Å². The average Bonchev–Trinajstić information content (AvgIpc) is 3.12. The largest absolute Gasteiger partial charge is 0.508 e. The van der Waals surface area contributed by atoms with Gasteiger partial charge in [0.2, 0.25) is 0 Å². The van der Waals surface area contributed by atoms with E-state index in [0.29, 0.717) is 33.9 Å². The summed E-state index contributed by atoms with van der Waals surface area (Å²) in [5.41, 5.74) is 8.20. The van der Waals surface area contributed by atoms with Crippen molar-refractivity contribution in [1.29, 1.82) is 0 Å². The first-order valence-electron chi connectivity index (χ1n) is 9.49. The number of halogens is 4. The SMILES string of the molecule is CN(CCCN)CCCNc1ccc2nnn3c4ccc(O)cc4c(=O)c1c23.Cl.Cl.Cl.Cl. The first-order valence-corrected chi connectivity index (χ1v) is 9.49. The fourth-order valence-electron chi connectivity index (χ4n) is 3.63. The van der Waals surface area contributed by atoms with Crippen molar-refractivity contribution in [2.24, 2.45) is 5.73 Å². The molecule has 0 aliphatic carbocycles. The van der Waals surface area contributed by atoms with Gasteiger partial charge in [-0.05, 0) is 69.9 Å². The number of nitrogens with one attached hydrogen (secondary N) is 1.